The minimum absolute atomic E-state index is 0.0280. The van der Waals surface area contributed by atoms with Crippen molar-refractivity contribution in [3.05, 3.63) is 62.4 Å². The highest BCUT2D eigenvalue weighted by molar-refractivity contribution is 14.1. The summed E-state index contributed by atoms with van der Waals surface area (Å²) in [5.74, 6) is -1.92. The molecule has 0 aromatic heterocycles. The van der Waals surface area contributed by atoms with Crippen LogP contribution < -0.4 is 5.32 Å². The third-order valence-electron chi connectivity index (χ3n) is 2.60. The third-order valence-corrected chi connectivity index (χ3v) is 3.51. The first-order valence-electron chi connectivity index (χ1n) is 6.13. The molecule has 1 N–H and O–H groups in total. The van der Waals surface area contributed by atoms with Gasteiger partial charge in [-0.2, -0.15) is 0 Å². The monoisotopic (exact) mass is 433 g/mol. The predicted octanol–water partition coefficient (Wildman–Crippen LogP) is 3.88. The fourth-order valence-electron chi connectivity index (χ4n) is 1.61. The van der Waals surface area contributed by atoms with E-state index in [-0.39, 0.29) is 10.7 Å². The Morgan fingerprint density at radius 2 is 2.00 bits per heavy atom. The van der Waals surface area contributed by atoms with Gasteiger partial charge in [-0.3, -0.25) is 4.79 Å². The van der Waals surface area contributed by atoms with Crippen molar-refractivity contribution >= 4 is 51.8 Å². The van der Waals surface area contributed by atoms with Crippen LogP contribution in [0.25, 0.3) is 0 Å². The first kappa shape index (κ1) is 16.7. The van der Waals surface area contributed by atoms with Crippen LogP contribution in [-0.2, 0) is 9.53 Å². The molecule has 0 aliphatic rings. The van der Waals surface area contributed by atoms with Crippen molar-refractivity contribution in [1.29, 1.82) is 0 Å². The molecule has 0 aliphatic carbocycles. The van der Waals surface area contributed by atoms with Crippen LogP contribution in [0.5, 0.6) is 0 Å². The van der Waals surface area contributed by atoms with Crippen molar-refractivity contribution < 1.29 is 18.7 Å². The molecule has 1 amide bonds. The molecule has 0 saturated heterocycles. The normalized spacial score (nSPS) is 10.1. The van der Waals surface area contributed by atoms with Gasteiger partial charge in [-0.15, -0.1) is 0 Å². The van der Waals surface area contributed by atoms with Crippen LogP contribution in [0.1, 0.15) is 10.4 Å². The number of ether oxygens (including phenoxy) is 1. The molecule has 0 radical (unpaired) electrons. The van der Waals surface area contributed by atoms with Crippen LogP contribution in [-0.4, -0.2) is 18.5 Å². The minimum atomic E-state index is -0.662. The van der Waals surface area contributed by atoms with Gasteiger partial charge in [-0.1, -0.05) is 17.7 Å². The number of anilines is 1. The molecule has 22 heavy (non-hydrogen) atoms. The van der Waals surface area contributed by atoms with Gasteiger partial charge in [0, 0.05) is 8.59 Å². The number of nitrogens with one attached hydrogen (secondary N) is 1. The number of esters is 1. The summed E-state index contributed by atoms with van der Waals surface area (Å²) in [6, 6.07) is 10.6. The van der Waals surface area contributed by atoms with E-state index in [0.29, 0.717) is 5.56 Å². The fraction of sp³-hybridized carbons (Fsp3) is 0.0667. The molecule has 0 saturated carbocycles. The second kappa shape index (κ2) is 7.55. The summed E-state index contributed by atoms with van der Waals surface area (Å²) in [5, 5.41) is 2.53. The summed E-state index contributed by atoms with van der Waals surface area (Å²) in [7, 11) is 0. The first-order chi connectivity index (χ1) is 10.5. The Morgan fingerprint density at radius 1 is 1.23 bits per heavy atom. The zero-order chi connectivity index (χ0) is 16.1. The Kier molecular flexibility index (Phi) is 5.73. The number of hydrogen-bond donors (Lipinski definition) is 1. The van der Waals surface area contributed by atoms with E-state index in [2.05, 4.69) is 27.9 Å². The van der Waals surface area contributed by atoms with Crippen molar-refractivity contribution in [3.8, 4) is 0 Å². The molecular formula is C15H10ClFINO3. The molecular weight excluding hydrogens is 424 g/mol. The van der Waals surface area contributed by atoms with E-state index in [9.17, 15) is 14.0 Å². The highest BCUT2D eigenvalue weighted by Gasteiger charge is 2.12. The maximum absolute atomic E-state index is 13.5. The van der Waals surface area contributed by atoms with E-state index in [4.69, 9.17) is 16.3 Å². The molecule has 0 unspecified atom stereocenters. The van der Waals surface area contributed by atoms with Crippen LogP contribution in [0.15, 0.2) is 42.5 Å². The maximum Gasteiger partial charge on any atom is 0.338 e. The lowest BCUT2D eigenvalue weighted by atomic mass is 10.2. The molecule has 0 aliphatic heterocycles. The van der Waals surface area contributed by atoms with Gasteiger partial charge in [-0.25, -0.2) is 9.18 Å². The van der Waals surface area contributed by atoms with E-state index < -0.39 is 24.3 Å². The molecule has 7 heteroatoms. The Hall–Kier alpha value is -1.67. The maximum atomic E-state index is 13.5. The van der Waals surface area contributed by atoms with Gasteiger partial charge >= 0.3 is 5.97 Å². The van der Waals surface area contributed by atoms with Crippen LogP contribution in [0, 0.1) is 9.39 Å². The quantitative estimate of drug-likeness (QED) is 0.588. The summed E-state index contributed by atoms with van der Waals surface area (Å²) in [5.41, 5.74) is 0.317. The number of benzene rings is 2. The Morgan fingerprint density at radius 3 is 2.68 bits per heavy atom. The summed E-state index contributed by atoms with van der Waals surface area (Å²) in [4.78, 5) is 23.4. The van der Waals surface area contributed by atoms with Gasteiger partial charge in [0.2, 0.25) is 0 Å². The van der Waals surface area contributed by atoms with Crippen LogP contribution in [0.4, 0.5) is 10.1 Å². The summed E-state index contributed by atoms with van der Waals surface area (Å²) < 4.78 is 19.3. The van der Waals surface area contributed by atoms with Gasteiger partial charge in [0.25, 0.3) is 5.91 Å². The van der Waals surface area contributed by atoms with E-state index in [1.807, 2.05) is 6.07 Å². The highest BCUT2D eigenvalue weighted by Crippen LogP contribution is 2.18. The molecule has 114 valence electrons. The van der Waals surface area contributed by atoms with Crippen molar-refractivity contribution in [3.63, 3.8) is 0 Å². The Labute approximate surface area is 144 Å². The lowest BCUT2D eigenvalue weighted by Crippen LogP contribution is -2.21. The van der Waals surface area contributed by atoms with Crippen LogP contribution >= 0.6 is 34.2 Å². The van der Waals surface area contributed by atoms with Crippen LogP contribution in [0.3, 0.4) is 0 Å². The van der Waals surface area contributed by atoms with E-state index in [1.54, 1.807) is 18.2 Å². The summed E-state index contributed by atoms with van der Waals surface area (Å²) in [6.07, 6.45) is 0. The highest BCUT2D eigenvalue weighted by atomic mass is 127. The Balaban J connectivity index is 1.91. The number of amides is 1. The third kappa shape index (κ3) is 4.67. The molecule has 4 nitrogen and oxygen atoms in total. The smallest absolute Gasteiger partial charge is 0.338 e. The van der Waals surface area contributed by atoms with Gasteiger partial charge in [-0.05, 0) is 59.0 Å². The average Bonchev–Trinajstić information content (AvgIpc) is 2.47. The second-order valence-corrected chi connectivity index (χ2v) is 5.94. The lowest BCUT2D eigenvalue weighted by molar-refractivity contribution is -0.119. The molecule has 0 heterocycles. The first-order valence-corrected chi connectivity index (χ1v) is 7.59. The molecule has 0 atom stereocenters. The molecule has 0 fully saturated rings. The average molecular weight is 434 g/mol. The van der Waals surface area contributed by atoms with Gasteiger partial charge < -0.3 is 10.1 Å². The standard InChI is InChI=1S/C15H10ClFINO3/c16-10-4-5-13(12(17)7-10)19-14(20)8-22-15(21)9-2-1-3-11(18)6-9/h1-7H,8H2,(H,19,20). The van der Waals surface area contributed by atoms with Gasteiger partial charge in [0.15, 0.2) is 6.61 Å². The van der Waals surface area contributed by atoms with Crippen LogP contribution in [0.2, 0.25) is 5.02 Å². The minimum Gasteiger partial charge on any atom is -0.452 e. The largest absolute Gasteiger partial charge is 0.452 e. The summed E-state index contributed by atoms with van der Waals surface area (Å²) in [6.45, 7) is -0.508. The van der Waals surface area contributed by atoms with E-state index in [1.165, 1.54) is 12.1 Å². The van der Waals surface area contributed by atoms with Crippen molar-refractivity contribution in [1.82, 2.24) is 0 Å². The topological polar surface area (TPSA) is 55.4 Å². The SMILES string of the molecule is O=C(COC(=O)c1cccc(I)c1)Nc1ccc(Cl)cc1F. The lowest BCUT2D eigenvalue weighted by Gasteiger charge is -2.08. The molecule has 2 rings (SSSR count). The summed E-state index contributed by atoms with van der Waals surface area (Å²) >= 11 is 7.68. The molecule has 2 aromatic rings. The van der Waals surface area contributed by atoms with E-state index >= 15 is 0 Å². The molecule has 2 aromatic carbocycles. The zero-order valence-electron chi connectivity index (χ0n) is 11.1. The fourth-order valence-corrected chi connectivity index (χ4v) is 2.31. The molecule has 0 spiro atoms. The van der Waals surface area contributed by atoms with Gasteiger partial charge in [0.05, 0.1) is 11.3 Å². The van der Waals surface area contributed by atoms with E-state index in [0.717, 1.165) is 9.64 Å². The van der Waals surface area contributed by atoms with Crippen molar-refractivity contribution in [2.75, 3.05) is 11.9 Å². The Bertz CT molecular complexity index is 724. The number of halogens is 3. The number of carbonyl (C=O) groups is 2. The van der Waals surface area contributed by atoms with Crippen molar-refractivity contribution in [2.24, 2.45) is 0 Å². The number of carbonyl (C=O) groups excluding carboxylic acids is 2. The zero-order valence-corrected chi connectivity index (χ0v) is 14.0. The van der Waals surface area contributed by atoms with Gasteiger partial charge in [0.1, 0.15) is 5.82 Å². The molecule has 0 bridgehead atoms. The second-order valence-electron chi connectivity index (χ2n) is 4.26. The number of rotatable bonds is 4. The predicted molar refractivity (Wildman–Crippen MR) is 89.5 cm³/mol. The van der Waals surface area contributed by atoms with Crippen molar-refractivity contribution in [2.45, 2.75) is 0 Å². The number of hydrogen-bond acceptors (Lipinski definition) is 3.